The number of carbonyl (C=O) groups is 2. The molecule has 0 aromatic carbocycles. The SMILES string of the molecule is CCCCCCCCCCCCCCOC(=O)N[C@H](C(=O)O)C(C)CC. The van der Waals surface area contributed by atoms with Crippen molar-refractivity contribution in [2.45, 2.75) is 110 Å². The second-order valence-electron chi connectivity index (χ2n) is 7.37. The number of hydrogen-bond donors (Lipinski definition) is 2. The van der Waals surface area contributed by atoms with Crippen molar-refractivity contribution < 1.29 is 19.4 Å². The van der Waals surface area contributed by atoms with Crippen LogP contribution in [0.25, 0.3) is 0 Å². The van der Waals surface area contributed by atoms with Gasteiger partial charge in [0.15, 0.2) is 0 Å². The van der Waals surface area contributed by atoms with Gasteiger partial charge in [0.2, 0.25) is 0 Å². The minimum absolute atomic E-state index is 0.119. The largest absolute Gasteiger partial charge is 0.480 e. The van der Waals surface area contributed by atoms with Crippen LogP contribution in [0, 0.1) is 5.92 Å². The van der Waals surface area contributed by atoms with Gasteiger partial charge in [-0.1, -0.05) is 97.8 Å². The number of rotatable bonds is 17. The first-order valence-electron chi connectivity index (χ1n) is 10.7. The minimum atomic E-state index is -1.01. The molecule has 0 spiro atoms. The zero-order valence-electron chi connectivity index (χ0n) is 17.2. The van der Waals surface area contributed by atoms with Crippen LogP contribution in [-0.4, -0.2) is 29.8 Å². The Morgan fingerprint density at radius 3 is 1.73 bits per heavy atom. The van der Waals surface area contributed by atoms with Crippen molar-refractivity contribution in [3.8, 4) is 0 Å². The molecule has 0 saturated carbocycles. The summed E-state index contributed by atoms with van der Waals surface area (Å²) in [5.41, 5.74) is 0. The van der Waals surface area contributed by atoms with Gasteiger partial charge in [0.05, 0.1) is 6.61 Å². The molecule has 5 nitrogen and oxygen atoms in total. The average molecular weight is 372 g/mol. The number of aliphatic carboxylic acids is 1. The van der Waals surface area contributed by atoms with Crippen molar-refractivity contribution in [1.82, 2.24) is 5.32 Å². The molecule has 0 aliphatic rings. The first-order chi connectivity index (χ1) is 12.5. The highest BCUT2D eigenvalue weighted by atomic mass is 16.5. The number of ether oxygens (including phenoxy) is 1. The molecule has 0 heterocycles. The zero-order chi connectivity index (χ0) is 19.6. The Hall–Kier alpha value is -1.26. The number of unbranched alkanes of at least 4 members (excludes halogenated alkanes) is 11. The van der Waals surface area contributed by atoms with Crippen LogP contribution in [0.4, 0.5) is 4.79 Å². The Morgan fingerprint density at radius 2 is 1.31 bits per heavy atom. The van der Waals surface area contributed by atoms with E-state index in [-0.39, 0.29) is 5.92 Å². The summed E-state index contributed by atoms with van der Waals surface area (Å²) in [6.45, 7) is 6.32. The lowest BCUT2D eigenvalue weighted by Gasteiger charge is -2.19. The maximum atomic E-state index is 11.7. The molecule has 0 radical (unpaired) electrons. The van der Waals surface area contributed by atoms with E-state index in [4.69, 9.17) is 9.84 Å². The standard InChI is InChI=1S/C21H41NO4/c1-4-6-7-8-9-10-11-12-13-14-15-16-17-26-21(25)22-19(20(23)24)18(3)5-2/h18-19H,4-17H2,1-3H3,(H,22,25)(H,23,24)/t18?,19-/m0/s1. The van der Waals surface area contributed by atoms with Crippen molar-refractivity contribution >= 4 is 12.1 Å². The van der Waals surface area contributed by atoms with Crippen LogP contribution in [-0.2, 0) is 9.53 Å². The topological polar surface area (TPSA) is 75.6 Å². The third-order valence-electron chi connectivity index (χ3n) is 4.98. The molecule has 0 fully saturated rings. The van der Waals surface area contributed by atoms with Gasteiger partial charge in [-0.05, 0) is 12.3 Å². The molecule has 1 amide bonds. The normalized spacial score (nSPS) is 13.2. The number of carboxylic acids is 1. The molecule has 1 unspecified atom stereocenters. The molecule has 5 heteroatoms. The molecule has 0 aromatic heterocycles. The Morgan fingerprint density at radius 1 is 0.846 bits per heavy atom. The van der Waals surface area contributed by atoms with E-state index in [2.05, 4.69) is 12.2 Å². The molecule has 0 bridgehead atoms. The Kier molecular flexibility index (Phi) is 16.3. The number of carbonyl (C=O) groups excluding carboxylic acids is 1. The molecule has 0 rings (SSSR count). The third kappa shape index (κ3) is 14.0. The summed E-state index contributed by atoms with van der Waals surface area (Å²) in [6.07, 6.45) is 15.2. The molecule has 2 N–H and O–H groups in total. The fourth-order valence-electron chi connectivity index (χ4n) is 2.96. The number of alkyl carbamates (subject to hydrolysis) is 1. The quantitative estimate of drug-likeness (QED) is 0.311. The second-order valence-corrected chi connectivity index (χ2v) is 7.37. The predicted octanol–water partition coefficient (Wildman–Crippen LogP) is 5.91. The van der Waals surface area contributed by atoms with Crippen molar-refractivity contribution in [3.05, 3.63) is 0 Å². The summed E-state index contributed by atoms with van der Waals surface area (Å²) in [5.74, 6) is -1.13. The van der Waals surface area contributed by atoms with Crippen LogP contribution in [0.3, 0.4) is 0 Å². The lowest BCUT2D eigenvalue weighted by Crippen LogP contribution is -2.45. The number of hydrogen-bond acceptors (Lipinski definition) is 3. The van der Waals surface area contributed by atoms with Gasteiger partial charge in [-0.25, -0.2) is 9.59 Å². The van der Waals surface area contributed by atoms with E-state index in [0.29, 0.717) is 13.0 Å². The summed E-state index contributed by atoms with van der Waals surface area (Å²) in [6, 6.07) is -0.880. The van der Waals surface area contributed by atoms with E-state index < -0.39 is 18.1 Å². The average Bonchev–Trinajstić information content (AvgIpc) is 2.62. The number of nitrogens with one attached hydrogen (secondary N) is 1. The zero-order valence-corrected chi connectivity index (χ0v) is 17.2. The summed E-state index contributed by atoms with van der Waals surface area (Å²) < 4.78 is 5.10. The van der Waals surface area contributed by atoms with Gasteiger partial charge in [0, 0.05) is 0 Å². The van der Waals surface area contributed by atoms with E-state index in [0.717, 1.165) is 12.8 Å². The fourth-order valence-corrected chi connectivity index (χ4v) is 2.96. The van der Waals surface area contributed by atoms with Gasteiger partial charge in [0.25, 0.3) is 0 Å². The van der Waals surface area contributed by atoms with E-state index in [1.54, 1.807) is 0 Å². The van der Waals surface area contributed by atoms with Gasteiger partial charge in [-0.3, -0.25) is 0 Å². The lowest BCUT2D eigenvalue weighted by atomic mass is 10.00. The van der Waals surface area contributed by atoms with Crippen molar-refractivity contribution in [2.75, 3.05) is 6.61 Å². The highest BCUT2D eigenvalue weighted by Gasteiger charge is 2.25. The van der Waals surface area contributed by atoms with Crippen LogP contribution in [0.2, 0.25) is 0 Å². The molecule has 0 aliphatic heterocycles. The van der Waals surface area contributed by atoms with Crippen LogP contribution >= 0.6 is 0 Å². The highest BCUT2D eigenvalue weighted by Crippen LogP contribution is 2.12. The molecule has 2 atom stereocenters. The summed E-state index contributed by atoms with van der Waals surface area (Å²) >= 11 is 0. The molecular formula is C21H41NO4. The van der Waals surface area contributed by atoms with Crippen molar-refractivity contribution in [1.29, 1.82) is 0 Å². The van der Waals surface area contributed by atoms with Crippen molar-refractivity contribution in [2.24, 2.45) is 5.92 Å². The lowest BCUT2D eigenvalue weighted by molar-refractivity contribution is -0.140. The third-order valence-corrected chi connectivity index (χ3v) is 4.98. The van der Waals surface area contributed by atoms with E-state index in [9.17, 15) is 9.59 Å². The smallest absolute Gasteiger partial charge is 0.407 e. The second kappa shape index (κ2) is 17.2. The number of carboxylic acid groups (broad SMARTS) is 1. The fraction of sp³-hybridized carbons (Fsp3) is 0.905. The van der Waals surface area contributed by atoms with Crippen LogP contribution in [0.1, 0.15) is 104 Å². The van der Waals surface area contributed by atoms with E-state index in [1.807, 2.05) is 13.8 Å². The number of amides is 1. The Bertz CT molecular complexity index is 360. The molecule has 0 saturated heterocycles. The first kappa shape index (κ1) is 24.7. The van der Waals surface area contributed by atoms with E-state index >= 15 is 0 Å². The summed E-state index contributed by atoms with van der Waals surface area (Å²) in [4.78, 5) is 22.8. The maximum Gasteiger partial charge on any atom is 0.407 e. The monoisotopic (exact) mass is 371 g/mol. The van der Waals surface area contributed by atoms with Gasteiger partial charge in [-0.15, -0.1) is 0 Å². The highest BCUT2D eigenvalue weighted by molar-refractivity contribution is 5.80. The Labute approximate surface area is 160 Å². The Balaban J connectivity index is 3.49. The molecule has 26 heavy (non-hydrogen) atoms. The van der Waals surface area contributed by atoms with Crippen LogP contribution in [0.15, 0.2) is 0 Å². The van der Waals surface area contributed by atoms with E-state index in [1.165, 1.54) is 64.2 Å². The summed E-state index contributed by atoms with van der Waals surface area (Å²) in [7, 11) is 0. The minimum Gasteiger partial charge on any atom is -0.480 e. The van der Waals surface area contributed by atoms with Crippen molar-refractivity contribution in [3.63, 3.8) is 0 Å². The van der Waals surface area contributed by atoms with Gasteiger partial charge >= 0.3 is 12.1 Å². The maximum absolute atomic E-state index is 11.7. The first-order valence-corrected chi connectivity index (χ1v) is 10.7. The van der Waals surface area contributed by atoms with Gasteiger partial charge in [-0.2, -0.15) is 0 Å². The molecular weight excluding hydrogens is 330 g/mol. The molecule has 154 valence electrons. The van der Waals surface area contributed by atoms with Crippen LogP contribution < -0.4 is 5.32 Å². The van der Waals surface area contributed by atoms with Gasteiger partial charge < -0.3 is 15.2 Å². The van der Waals surface area contributed by atoms with Crippen LogP contribution in [0.5, 0.6) is 0 Å². The molecule has 0 aromatic rings. The van der Waals surface area contributed by atoms with Gasteiger partial charge in [0.1, 0.15) is 6.04 Å². The summed E-state index contributed by atoms with van der Waals surface area (Å²) in [5, 5.41) is 11.6. The molecule has 0 aliphatic carbocycles. The predicted molar refractivity (Wildman–Crippen MR) is 106 cm³/mol.